The van der Waals surface area contributed by atoms with Gasteiger partial charge in [-0.3, -0.25) is 9.59 Å². The van der Waals surface area contributed by atoms with Crippen LogP contribution in [0.2, 0.25) is 0 Å². The van der Waals surface area contributed by atoms with E-state index in [1.165, 1.54) is 41.0 Å². The molecule has 0 aliphatic carbocycles. The van der Waals surface area contributed by atoms with Gasteiger partial charge in [-0.15, -0.1) is 22.7 Å². The molecule has 0 saturated heterocycles. The first-order valence-electron chi connectivity index (χ1n) is 9.32. The maximum Gasteiger partial charge on any atom is 0.406 e. The van der Waals surface area contributed by atoms with Crippen molar-refractivity contribution in [3.8, 4) is 6.07 Å². The Labute approximate surface area is 189 Å². The summed E-state index contributed by atoms with van der Waals surface area (Å²) in [6.07, 6.45) is -4.70. The van der Waals surface area contributed by atoms with E-state index < -0.39 is 18.6 Å². The van der Waals surface area contributed by atoms with Crippen LogP contribution in [0.15, 0.2) is 47.2 Å². The van der Waals surface area contributed by atoms with E-state index >= 15 is 0 Å². The topological polar surface area (TPSA) is 86.1 Å². The lowest BCUT2D eigenvalue weighted by molar-refractivity contribution is -0.162. The average Bonchev–Trinajstić information content (AvgIpc) is 3.39. The number of hydrogen-bond donors (Lipinski definition) is 1. The van der Waals surface area contributed by atoms with E-state index in [-0.39, 0.29) is 36.1 Å². The van der Waals surface area contributed by atoms with E-state index in [9.17, 15) is 22.8 Å². The van der Waals surface area contributed by atoms with Gasteiger partial charge in [0.15, 0.2) is 5.13 Å². The Kier molecular flexibility index (Phi) is 7.61. The molecule has 11 heteroatoms. The summed E-state index contributed by atoms with van der Waals surface area (Å²) >= 11 is 2.55. The molecular formula is C21H17F3N4O2S2. The van der Waals surface area contributed by atoms with Crippen molar-refractivity contribution in [2.24, 2.45) is 0 Å². The number of thiophene rings is 1. The van der Waals surface area contributed by atoms with Gasteiger partial charge in [0.2, 0.25) is 11.8 Å². The summed E-state index contributed by atoms with van der Waals surface area (Å²) in [6, 6.07) is 11.6. The highest BCUT2D eigenvalue weighted by atomic mass is 32.1. The number of aromatic nitrogens is 1. The van der Waals surface area contributed by atoms with Crippen molar-refractivity contribution in [2.75, 3.05) is 11.9 Å². The third-order valence-electron chi connectivity index (χ3n) is 4.22. The Bertz CT molecular complexity index is 1100. The summed E-state index contributed by atoms with van der Waals surface area (Å²) in [5, 5.41) is 15.2. The molecule has 0 fully saturated rings. The molecule has 0 aliphatic heterocycles. The summed E-state index contributed by atoms with van der Waals surface area (Å²) < 4.78 is 39.1. The number of carbonyl (C=O) groups excluding carboxylic acids is 2. The fraction of sp³-hybridized carbons (Fsp3) is 0.238. The van der Waals surface area contributed by atoms with E-state index in [1.807, 2.05) is 23.6 Å². The molecular weight excluding hydrogens is 461 g/mol. The fourth-order valence-electron chi connectivity index (χ4n) is 2.80. The number of nitrogens with one attached hydrogen (secondary N) is 1. The van der Waals surface area contributed by atoms with Crippen LogP contribution in [0.25, 0.3) is 0 Å². The van der Waals surface area contributed by atoms with Crippen molar-refractivity contribution in [3.05, 3.63) is 68.9 Å². The van der Waals surface area contributed by atoms with Gasteiger partial charge in [-0.25, -0.2) is 4.98 Å². The number of halogens is 3. The van der Waals surface area contributed by atoms with Crippen LogP contribution in [-0.4, -0.2) is 34.4 Å². The minimum atomic E-state index is -4.56. The number of hydrogen-bond acceptors (Lipinski definition) is 6. The first-order valence-corrected chi connectivity index (χ1v) is 11.1. The number of benzene rings is 1. The molecule has 0 bridgehead atoms. The Balaban J connectivity index is 1.63. The summed E-state index contributed by atoms with van der Waals surface area (Å²) in [7, 11) is 0. The van der Waals surface area contributed by atoms with Gasteiger partial charge in [0.1, 0.15) is 6.54 Å². The highest BCUT2D eigenvalue weighted by molar-refractivity contribution is 7.14. The number of nitriles is 1. The molecule has 1 aromatic carbocycles. The van der Waals surface area contributed by atoms with Crippen LogP contribution in [-0.2, 0) is 29.0 Å². The smallest absolute Gasteiger partial charge is 0.329 e. The molecule has 0 aliphatic rings. The summed E-state index contributed by atoms with van der Waals surface area (Å²) in [6.45, 7) is -1.65. The second-order valence-electron chi connectivity index (χ2n) is 6.80. The third kappa shape index (κ3) is 7.18. The Morgan fingerprint density at radius 2 is 1.88 bits per heavy atom. The summed E-state index contributed by atoms with van der Waals surface area (Å²) in [5.41, 5.74) is 1.12. The van der Waals surface area contributed by atoms with Gasteiger partial charge in [-0.2, -0.15) is 18.4 Å². The van der Waals surface area contributed by atoms with Crippen LogP contribution in [0, 0.1) is 11.3 Å². The molecule has 2 aromatic heterocycles. The molecule has 0 atom stereocenters. The molecule has 0 unspecified atom stereocenters. The number of amides is 2. The van der Waals surface area contributed by atoms with Gasteiger partial charge >= 0.3 is 6.18 Å². The minimum absolute atomic E-state index is 0.190. The van der Waals surface area contributed by atoms with Crippen molar-refractivity contribution in [3.63, 3.8) is 0 Å². The first kappa shape index (κ1) is 23.4. The molecule has 0 radical (unpaired) electrons. The predicted octanol–water partition coefficient (Wildman–Crippen LogP) is 4.39. The SMILES string of the molecule is N#Cc1ccc(CN(CC(F)(F)F)C(=O)Cc2csc(NC(=O)Cc3cccs3)n2)cc1. The van der Waals surface area contributed by atoms with Crippen LogP contribution in [0.3, 0.4) is 0 Å². The zero-order chi connectivity index (χ0) is 23.1. The number of rotatable bonds is 8. The maximum absolute atomic E-state index is 13.0. The van der Waals surface area contributed by atoms with Crippen molar-refractivity contribution < 1.29 is 22.8 Å². The molecule has 32 heavy (non-hydrogen) atoms. The lowest BCUT2D eigenvalue weighted by Gasteiger charge is -2.24. The molecule has 0 spiro atoms. The maximum atomic E-state index is 13.0. The van der Waals surface area contributed by atoms with Gasteiger partial charge in [0.05, 0.1) is 30.2 Å². The first-order chi connectivity index (χ1) is 15.2. The lowest BCUT2D eigenvalue weighted by atomic mass is 10.1. The zero-order valence-corrected chi connectivity index (χ0v) is 18.2. The van der Waals surface area contributed by atoms with E-state index in [4.69, 9.17) is 5.26 Å². The number of thiazole rings is 1. The van der Waals surface area contributed by atoms with Gasteiger partial charge in [-0.05, 0) is 29.1 Å². The van der Waals surface area contributed by atoms with E-state index in [0.717, 1.165) is 16.2 Å². The van der Waals surface area contributed by atoms with E-state index in [2.05, 4.69) is 10.3 Å². The van der Waals surface area contributed by atoms with Crippen LogP contribution < -0.4 is 5.32 Å². The molecule has 166 valence electrons. The average molecular weight is 479 g/mol. The third-order valence-corrected chi connectivity index (χ3v) is 5.91. The largest absolute Gasteiger partial charge is 0.406 e. The monoisotopic (exact) mass is 478 g/mol. The second-order valence-corrected chi connectivity index (χ2v) is 8.69. The molecule has 2 heterocycles. The van der Waals surface area contributed by atoms with Crippen molar-refractivity contribution >= 4 is 39.6 Å². The van der Waals surface area contributed by atoms with E-state index in [0.29, 0.717) is 16.0 Å². The van der Waals surface area contributed by atoms with Crippen LogP contribution in [0.4, 0.5) is 18.3 Å². The van der Waals surface area contributed by atoms with Crippen molar-refractivity contribution in [2.45, 2.75) is 25.6 Å². The van der Waals surface area contributed by atoms with Crippen LogP contribution in [0.1, 0.15) is 21.7 Å². The highest BCUT2D eigenvalue weighted by Gasteiger charge is 2.33. The summed E-state index contributed by atoms with van der Waals surface area (Å²) in [5.74, 6) is -1.01. The lowest BCUT2D eigenvalue weighted by Crippen LogP contribution is -2.39. The minimum Gasteiger partial charge on any atom is -0.329 e. The normalized spacial score (nSPS) is 11.1. The number of carbonyl (C=O) groups is 2. The molecule has 3 aromatic rings. The number of nitrogens with zero attached hydrogens (tertiary/aromatic N) is 3. The van der Waals surface area contributed by atoms with E-state index in [1.54, 1.807) is 0 Å². The molecule has 0 saturated carbocycles. The van der Waals surface area contributed by atoms with Crippen LogP contribution in [0.5, 0.6) is 0 Å². The van der Waals surface area contributed by atoms with Gasteiger partial charge in [0.25, 0.3) is 0 Å². The summed E-state index contributed by atoms with van der Waals surface area (Å²) in [4.78, 5) is 30.4. The van der Waals surface area contributed by atoms with Crippen molar-refractivity contribution in [1.82, 2.24) is 9.88 Å². The van der Waals surface area contributed by atoms with Crippen LogP contribution >= 0.6 is 22.7 Å². The molecule has 6 nitrogen and oxygen atoms in total. The zero-order valence-electron chi connectivity index (χ0n) is 16.6. The van der Waals surface area contributed by atoms with Gasteiger partial charge in [0, 0.05) is 16.8 Å². The number of anilines is 1. The van der Waals surface area contributed by atoms with Gasteiger partial charge < -0.3 is 10.2 Å². The van der Waals surface area contributed by atoms with Gasteiger partial charge in [-0.1, -0.05) is 18.2 Å². The second kappa shape index (κ2) is 10.4. The highest BCUT2D eigenvalue weighted by Crippen LogP contribution is 2.21. The molecule has 3 rings (SSSR count). The number of alkyl halides is 3. The standard InChI is InChI=1S/C21H17F3N4O2S2/c22-21(23,24)13-28(11-15-5-3-14(10-25)4-6-15)19(30)8-16-12-32-20(26-16)27-18(29)9-17-2-1-7-31-17/h1-7,12H,8-9,11,13H2,(H,26,27,29). The molecule has 1 N–H and O–H groups in total. The molecule has 2 amide bonds. The Morgan fingerprint density at radius 1 is 1.12 bits per heavy atom. The predicted molar refractivity (Wildman–Crippen MR) is 115 cm³/mol. The Morgan fingerprint density at radius 3 is 2.50 bits per heavy atom. The fourth-order valence-corrected chi connectivity index (χ4v) is 4.23. The Hall–Kier alpha value is -3.23. The quantitative estimate of drug-likeness (QED) is 0.520. The van der Waals surface area contributed by atoms with Crippen molar-refractivity contribution in [1.29, 1.82) is 5.26 Å².